The van der Waals surface area contributed by atoms with Gasteiger partial charge in [0, 0.05) is 14.6 Å². The van der Waals surface area contributed by atoms with Crippen molar-refractivity contribution in [2.24, 2.45) is 5.92 Å². The van der Waals surface area contributed by atoms with Crippen molar-refractivity contribution in [1.82, 2.24) is 0 Å². The molecule has 0 aliphatic rings. The number of ether oxygens (including phenoxy) is 1. The van der Waals surface area contributed by atoms with E-state index in [0.29, 0.717) is 0 Å². The predicted octanol–water partition coefficient (Wildman–Crippen LogP) is 2.75. The summed E-state index contributed by atoms with van der Waals surface area (Å²) < 4.78 is 17.8. The molecule has 0 saturated heterocycles. The zero-order valence-electron chi connectivity index (χ0n) is 9.98. The van der Waals surface area contributed by atoms with E-state index < -0.39 is 10.8 Å². The van der Waals surface area contributed by atoms with Gasteiger partial charge in [0.15, 0.2) is 0 Å². The number of halogens is 1. The van der Waals surface area contributed by atoms with Crippen LogP contribution < -0.4 is 0 Å². The molecule has 0 heterocycles. The minimum Gasteiger partial charge on any atom is -0.469 e. The second-order valence-corrected chi connectivity index (χ2v) is 6.49. The Morgan fingerprint density at radius 3 is 2.29 bits per heavy atom. The Morgan fingerprint density at radius 1 is 1.29 bits per heavy atom. The van der Waals surface area contributed by atoms with Crippen LogP contribution in [-0.2, 0) is 20.3 Å². The first kappa shape index (κ1) is 14.4. The molecular formula is C12H15BrO3S. The molecule has 94 valence electrons. The number of carbonyl (C=O) groups excluding carboxylic acids is 1. The maximum absolute atomic E-state index is 12.2. The van der Waals surface area contributed by atoms with Gasteiger partial charge < -0.3 is 4.74 Å². The molecule has 0 N–H and O–H groups in total. The van der Waals surface area contributed by atoms with Gasteiger partial charge in [0.25, 0.3) is 0 Å². The lowest BCUT2D eigenvalue weighted by atomic mass is 10.1. The standard InChI is InChI=1S/C12H15BrO3S/c1-8(12(14)16-3)9(2)17(15)11-6-4-10(13)5-7-11/h4-9H,1-3H3. The minimum atomic E-state index is -1.21. The Hall–Kier alpha value is -0.680. The average molecular weight is 319 g/mol. The summed E-state index contributed by atoms with van der Waals surface area (Å²) >= 11 is 3.32. The monoisotopic (exact) mass is 318 g/mol. The van der Waals surface area contributed by atoms with E-state index >= 15 is 0 Å². The first-order valence-corrected chi connectivity index (χ1v) is 7.22. The Bertz CT molecular complexity index is 416. The van der Waals surface area contributed by atoms with Crippen LogP contribution in [0, 0.1) is 5.92 Å². The van der Waals surface area contributed by atoms with Crippen molar-refractivity contribution in [3.05, 3.63) is 28.7 Å². The fourth-order valence-electron chi connectivity index (χ4n) is 1.35. The maximum Gasteiger partial charge on any atom is 0.309 e. The molecular weight excluding hydrogens is 304 g/mol. The summed E-state index contributed by atoms with van der Waals surface area (Å²) in [5.41, 5.74) is 0. The van der Waals surface area contributed by atoms with Crippen molar-refractivity contribution in [3.63, 3.8) is 0 Å². The van der Waals surface area contributed by atoms with Gasteiger partial charge in [-0.1, -0.05) is 22.9 Å². The molecule has 0 aliphatic heterocycles. The van der Waals surface area contributed by atoms with Crippen LogP contribution in [0.5, 0.6) is 0 Å². The van der Waals surface area contributed by atoms with Crippen LogP contribution in [0.25, 0.3) is 0 Å². The molecule has 17 heavy (non-hydrogen) atoms. The van der Waals surface area contributed by atoms with Crippen molar-refractivity contribution in [3.8, 4) is 0 Å². The molecule has 0 radical (unpaired) electrons. The number of benzene rings is 1. The Kier molecular flexibility index (Phi) is 5.33. The first-order valence-electron chi connectivity index (χ1n) is 5.21. The van der Waals surface area contributed by atoms with E-state index in [-0.39, 0.29) is 17.1 Å². The summed E-state index contributed by atoms with van der Waals surface area (Å²) in [5.74, 6) is -0.715. The largest absolute Gasteiger partial charge is 0.469 e. The van der Waals surface area contributed by atoms with E-state index in [9.17, 15) is 9.00 Å². The lowest BCUT2D eigenvalue weighted by Crippen LogP contribution is -2.28. The predicted molar refractivity (Wildman–Crippen MR) is 71.2 cm³/mol. The summed E-state index contributed by atoms with van der Waals surface area (Å²) in [5, 5.41) is -0.274. The van der Waals surface area contributed by atoms with Crippen LogP contribution in [0.3, 0.4) is 0 Å². The zero-order chi connectivity index (χ0) is 13.0. The van der Waals surface area contributed by atoms with Gasteiger partial charge in [-0.05, 0) is 31.2 Å². The Balaban J connectivity index is 2.83. The topological polar surface area (TPSA) is 43.4 Å². The van der Waals surface area contributed by atoms with E-state index in [1.807, 2.05) is 12.1 Å². The summed E-state index contributed by atoms with van der Waals surface area (Å²) in [6, 6.07) is 7.26. The molecule has 0 aromatic heterocycles. The third kappa shape index (κ3) is 3.64. The second-order valence-electron chi connectivity index (χ2n) is 3.77. The molecule has 0 saturated carbocycles. The van der Waals surface area contributed by atoms with Gasteiger partial charge in [-0.2, -0.15) is 0 Å². The van der Waals surface area contributed by atoms with E-state index in [2.05, 4.69) is 20.7 Å². The fourth-order valence-corrected chi connectivity index (χ4v) is 2.93. The molecule has 3 atom stereocenters. The number of esters is 1. The van der Waals surface area contributed by atoms with Crippen LogP contribution in [0.2, 0.25) is 0 Å². The molecule has 1 aromatic carbocycles. The zero-order valence-corrected chi connectivity index (χ0v) is 12.4. The number of hydrogen-bond donors (Lipinski definition) is 0. The quantitative estimate of drug-likeness (QED) is 0.802. The summed E-state index contributed by atoms with van der Waals surface area (Å²) in [6.07, 6.45) is 0. The fraction of sp³-hybridized carbons (Fsp3) is 0.417. The van der Waals surface area contributed by atoms with Crippen molar-refractivity contribution >= 4 is 32.7 Å². The van der Waals surface area contributed by atoms with Crippen LogP contribution in [-0.4, -0.2) is 22.5 Å². The van der Waals surface area contributed by atoms with Gasteiger partial charge in [-0.15, -0.1) is 0 Å². The van der Waals surface area contributed by atoms with Gasteiger partial charge in [-0.3, -0.25) is 9.00 Å². The van der Waals surface area contributed by atoms with E-state index in [1.54, 1.807) is 26.0 Å². The van der Waals surface area contributed by atoms with Crippen molar-refractivity contribution in [2.75, 3.05) is 7.11 Å². The van der Waals surface area contributed by atoms with Gasteiger partial charge >= 0.3 is 5.97 Å². The third-order valence-corrected chi connectivity index (χ3v) is 5.01. The number of hydrogen-bond acceptors (Lipinski definition) is 3. The van der Waals surface area contributed by atoms with Crippen LogP contribution in [0.1, 0.15) is 13.8 Å². The summed E-state index contributed by atoms with van der Waals surface area (Å²) in [7, 11) is 0.131. The van der Waals surface area contributed by atoms with E-state index in [4.69, 9.17) is 0 Å². The highest BCUT2D eigenvalue weighted by Crippen LogP contribution is 2.20. The smallest absolute Gasteiger partial charge is 0.309 e. The normalized spacial score (nSPS) is 16.0. The van der Waals surface area contributed by atoms with Crippen LogP contribution in [0.4, 0.5) is 0 Å². The maximum atomic E-state index is 12.2. The number of methoxy groups -OCH3 is 1. The van der Waals surface area contributed by atoms with Gasteiger partial charge in [0.05, 0.1) is 23.8 Å². The molecule has 0 fully saturated rings. The summed E-state index contributed by atoms with van der Waals surface area (Å²) in [6.45, 7) is 3.52. The lowest BCUT2D eigenvalue weighted by molar-refractivity contribution is -0.144. The van der Waals surface area contributed by atoms with Crippen molar-refractivity contribution in [2.45, 2.75) is 24.0 Å². The highest BCUT2D eigenvalue weighted by atomic mass is 79.9. The highest BCUT2D eigenvalue weighted by Gasteiger charge is 2.26. The Labute approximate surface area is 112 Å². The molecule has 5 heteroatoms. The molecule has 3 nitrogen and oxygen atoms in total. The van der Waals surface area contributed by atoms with E-state index in [0.717, 1.165) is 9.37 Å². The SMILES string of the molecule is COC(=O)C(C)C(C)S(=O)c1ccc(Br)cc1. The summed E-state index contributed by atoms with van der Waals surface area (Å²) in [4.78, 5) is 12.1. The lowest BCUT2D eigenvalue weighted by Gasteiger charge is -2.17. The highest BCUT2D eigenvalue weighted by molar-refractivity contribution is 9.10. The molecule has 1 rings (SSSR count). The minimum absolute atomic E-state index is 0.274. The number of rotatable bonds is 4. The van der Waals surface area contributed by atoms with Crippen LogP contribution >= 0.6 is 15.9 Å². The van der Waals surface area contributed by atoms with E-state index in [1.165, 1.54) is 7.11 Å². The molecule has 0 spiro atoms. The third-order valence-electron chi connectivity index (χ3n) is 2.66. The second kappa shape index (κ2) is 6.31. The molecule has 0 amide bonds. The average Bonchev–Trinajstić information content (AvgIpc) is 2.36. The van der Waals surface area contributed by atoms with Gasteiger partial charge in [0.2, 0.25) is 0 Å². The number of carbonyl (C=O) groups is 1. The molecule has 0 bridgehead atoms. The van der Waals surface area contributed by atoms with Gasteiger partial charge in [-0.25, -0.2) is 0 Å². The Morgan fingerprint density at radius 2 is 1.82 bits per heavy atom. The molecule has 3 unspecified atom stereocenters. The molecule has 0 aliphatic carbocycles. The van der Waals surface area contributed by atoms with Crippen molar-refractivity contribution < 1.29 is 13.7 Å². The van der Waals surface area contributed by atoms with Gasteiger partial charge in [0.1, 0.15) is 0 Å². The van der Waals surface area contributed by atoms with Crippen molar-refractivity contribution in [1.29, 1.82) is 0 Å². The first-order chi connectivity index (χ1) is 7.97. The van der Waals surface area contributed by atoms with Crippen LogP contribution in [0.15, 0.2) is 33.6 Å². The molecule has 1 aromatic rings.